The summed E-state index contributed by atoms with van der Waals surface area (Å²) in [5.41, 5.74) is -0.428. The first kappa shape index (κ1) is 27.3. The number of aromatic nitrogens is 4. The van der Waals surface area contributed by atoms with Crippen LogP contribution in [0.15, 0.2) is 29.8 Å². The van der Waals surface area contributed by atoms with Crippen molar-refractivity contribution < 1.29 is 14.6 Å². The molecule has 3 atom stereocenters. The van der Waals surface area contributed by atoms with Gasteiger partial charge in [0.05, 0.1) is 5.41 Å². The molecule has 0 amide bonds. The van der Waals surface area contributed by atoms with Gasteiger partial charge in [0.1, 0.15) is 29.2 Å². The summed E-state index contributed by atoms with van der Waals surface area (Å²) >= 11 is 6.28. The number of aliphatic hydroxyl groups excluding tert-OH is 1. The van der Waals surface area contributed by atoms with Crippen molar-refractivity contribution in [1.29, 1.82) is 5.41 Å². The van der Waals surface area contributed by atoms with Crippen LogP contribution in [-0.4, -0.2) is 55.8 Å². The van der Waals surface area contributed by atoms with Crippen LogP contribution in [0, 0.1) is 16.7 Å². The lowest BCUT2D eigenvalue weighted by atomic mass is 9.64. The second-order valence-electron chi connectivity index (χ2n) is 10.3. The minimum Gasteiger partial charge on any atom is -0.511 e. The van der Waals surface area contributed by atoms with Crippen molar-refractivity contribution in [2.45, 2.75) is 77.7 Å². The highest BCUT2D eigenvalue weighted by Crippen LogP contribution is 2.48. The number of Topliss-reactive ketones (excluding diaryl/α,β-unsaturated/α-hetero) is 1. The third-order valence-electron chi connectivity index (χ3n) is 7.81. The fraction of sp³-hybridized carbons (Fsp3) is 0.593. The summed E-state index contributed by atoms with van der Waals surface area (Å²) in [5, 5.41) is 23.7. The van der Waals surface area contributed by atoms with Gasteiger partial charge in [-0.15, -0.1) is 0 Å². The van der Waals surface area contributed by atoms with Crippen LogP contribution in [0.1, 0.15) is 77.5 Å². The van der Waals surface area contributed by atoms with E-state index in [0.29, 0.717) is 43.0 Å². The number of hydrogen-bond donors (Lipinski definition) is 3. The molecule has 200 valence electrons. The van der Waals surface area contributed by atoms with Crippen LogP contribution in [-0.2, 0) is 4.79 Å². The summed E-state index contributed by atoms with van der Waals surface area (Å²) in [4.78, 5) is 26.2. The predicted molar refractivity (Wildman–Crippen MR) is 143 cm³/mol. The van der Waals surface area contributed by atoms with Gasteiger partial charge in [-0.3, -0.25) is 14.8 Å². The van der Waals surface area contributed by atoms with E-state index in [-0.39, 0.29) is 40.4 Å². The summed E-state index contributed by atoms with van der Waals surface area (Å²) < 4.78 is 7.83. The number of ketones is 1. The van der Waals surface area contributed by atoms with Crippen LogP contribution in [0.5, 0.6) is 5.88 Å². The zero-order valence-electron chi connectivity index (χ0n) is 21.9. The molecule has 9 nitrogen and oxygen atoms in total. The molecule has 3 N–H and O–H groups in total. The number of nitrogens with one attached hydrogen (secondary N) is 2. The Morgan fingerprint density at radius 3 is 2.76 bits per heavy atom. The van der Waals surface area contributed by atoms with E-state index in [1.165, 1.54) is 0 Å². The molecular formula is C27H37ClN6O3. The van der Waals surface area contributed by atoms with E-state index in [1.807, 2.05) is 14.0 Å². The van der Waals surface area contributed by atoms with Crippen LogP contribution in [0.3, 0.4) is 0 Å². The number of carbonyl (C=O) groups excluding carboxylic acids is 1. The predicted octanol–water partition coefficient (Wildman–Crippen LogP) is 5.21. The molecule has 1 fully saturated rings. The number of allylic oxidation sites excluding steroid dienone is 2. The van der Waals surface area contributed by atoms with Gasteiger partial charge in [0, 0.05) is 30.5 Å². The summed E-state index contributed by atoms with van der Waals surface area (Å²) in [6, 6.07) is 1.68. The molecule has 2 heterocycles. The largest absolute Gasteiger partial charge is 0.511 e. The smallest absolute Gasteiger partial charge is 0.219 e. The van der Waals surface area contributed by atoms with Crippen LogP contribution >= 0.6 is 11.6 Å². The number of ether oxygens (including phenoxy) is 1. The zero-order chi connectivity index (χ0) is 26.6. The number of halogens is 1. The molecule has 1 spiro atoms. The Bertz CT molecular complexity index is 1180. The number of carbonyl (C=O) groups is 1. The van der Waals surface area contributed by atoms with Gasteiger partial charge in [0.2, 0.25) is 11.2 Å². The third-order valence-corrected chi connectivity index (χ3v) is 8.09. The van der Waals surface area contributed by atoms with Gasteiger partial charge in [-0.1, -0.05) is 13.3 Å². The van der Waals surface area contributed by atoms with E-state index >= 15 is 0 Å². The van der Waals surface area contributed by atoms with E-state index in [0.717, 1.165) is 38.6 Å². The minimum atomic E-state index is -0.875. The molecule has 2 aromatic rings. The number of imidazole rings is 1. The standard InChI is InChI=1S/C27H37ClN6O3/c1-17(8-7-13-30-3)18(2)37-22-16-21(34-15-14-31-26(34)28)32-25(33-22)23(29)19-9-6-12-27(24(19)36)11-5-4-10-20(27)35/h14-18,29-30,36H,4-13H2,1-3H3/t17-,18-,27+/m0/s1. The molecule has 4 rings (SSSR count). The Hall–Kier alpha value is -2.78. The van der Waals surface area contributed by atoms with Crippen molar-refractivity contribution in [3.8, 4) is 11.7 Å². The maximum Gasteiger partial charge on any atom is 0.219 e. The van der Waals surface area contributed by atoms with Gasteiger partial charge in [-0.2, -0.15) is 4.98 Å². The highest BCUT2D eigenvalue weighted by Gasteiger charge is 2.47. The number of aliphatic hydroxyl groups is 1. The molecule has 0 radical (unpaired) electrons. The maximum atomic E-state index is 12.9. The van der Waals surface area contributed by atoms with Gasteiger partial charge < -0.3 is 15.2 Å². The van der Waals surface area contributed by atoms with Gasteiger partial charge in [-0.25, -0.2) is 9.97 Å². The number of rotatable bonds is 10. The number of nitrogens with zero attached hydrogens (tertiary/aromatic N) is 4. The minimum absolute atomic E-state index is 0.00704. The van der Waals surface area contributed by atoms with Crippen LogP contribution < -0.4 is 10.1 Å². The lowest BCUT2D eigenvalue weighted by Gasteiger charge is -2.39. The first-order chi connectivity index (χ1) is 17.8. The van der Waals surface area contributed by atoms with Crippen LogP contribution in [0.25, 0.3) is 5.82 Å². The summed E-state index contributed by atoms with van der Waals surface area (Å²) in [6.07, 6.45) is 9.83. The van der Waals surface area contributed by atoms with Crippen molar-refractivity contribution in [3.63, 3.8) is 0 Å². The molecule has 2 aliphatic carbocycles. The summed E-state index contributed by atoms with van der Waals surface area (Å²) in [6.45, 7) is 5.09. The molecule has 0 aromatic carbocycles. The second-order valence-corrected chi connectivity index (χ2v) is 10.6. The van der Waals surface area contributed by atoms with Gasteiger partial charge in [-0.05, 0) is 83.0 Å². The van der Waals surface area contributed by atoms with E-state index < -0.39 is 5.41 Å². The highest BCUT2D eigenvalue weighted by atomic mass is 35.5. The third kappa shape index (κ3) is 5.72. The van der Waals surface area contributed by atoms with E-state index in [1.54, 1.807) is 23.0 Å². The molecule has 10 heteroatoms. The maximum absolute atomic E-state index is 12.9. The Kier molecular flexibility index (Phi) is 8.64. The zero-order valence-corrected chi connectivity index (χ0v) is 22.6. The molecule has 0 saturated heterocycles. The lowest BCUT2D eigenvalue weighted by molar-refractivity contribution is -0.131. The molecule has 2 aromatic heterocycles. The van der Waals surface area contributed by atoms with Gasteiger partial charge in [0.15, 0.2) is 5.82 Å². The monoisotopic (exact) mass is 528 g/mol. The molecule has 0 aliphatic heterocycles. The molecule has 0 unspecified atom stereocenters. The van der Waals surface area contributed by atoms with Crippen molar-refractivity contribution >= 4 is 23.1 Å². The molecule has 2 aliphatic rings. The van der Waals surface area contributed by atoms with Crippen molar-refractivity contribution in [2.24, 2.45) is 11.3 Å². The average Bonchev–Trinajstić information content (AvgIpc) is 3.32. The van der Waals surface area contributed by atoms with Gasteiger partial charge >= 0.3 is 0 Å². The lowest BCUT2D eigenvalue weighted by Crippen LogP contribution is -2.39. The topological polar surface area (TPSA) is 126 Å². The normalized spacial score (nSPS) is 21.8. The fourth-order valence-electron chi connectivity index (χ4n) is 5.38. The SMILES string of the molecule is CNCCC[C@H](C)[C@H](C)Oc1cc(-n2ccnc2Cl)nc(C(=N)C2=C(O)[C@]3(CCCCC3=O)CCC2)n1. The summed E-state index contributed by atoms with van der Waals surface area (Å²) in [5.74, 6) is 1.25. The van der Waals surface area contributed by atoms with Crippen LogP contribution in [0.4, 0.5) is 0 Å². The van der Waals surface area contributed by atoms with Crippen molar-refractivity contribution in [3.05, 3.63) is 40.9 Å². The molecule has 37 heavy (non-hydrogen) atoms. The van der Waals surface area contributed by atoms with E-state index in [2.05, 4.69) is 27.2 Å². The number of hydrogen-bond acceptors (Lipinski definition) is 8. The second kappa shape index (κ2) is 11.7. The van der Waals surface area contributed by atoms with Crippen molar-refractivity contribution in [2.75, 3.05) is 13.6 Å². The molecule has 0 bridgehead atoms. The highest BCUT2D eigenvalue weighted by molar-refractivity contribution is 6.28. The Morgan fingerprint density at radius 1 is 1.27 bits per heavy atom. The summed E-state index contributed by atoms with van der Waals surface area (Å²) in [7, 11) is 1.94. The Balaban J connectivity index is 1.69. The van der Waals surface area contributed by atoms with E-state index in [9.17, 15) is 9.90 Å². The van der Waals surface area contributed by atoms with Crippen LogP contribution in [0.2, 0.25) is 5.28 Å². The fourth-order valence-corrected chi connectivity index (χ4v) is 5.58. The molecular weight excluding hydrogens is 492 g/mol. The quantitative estimate of drug-likeness (QED) is 0.285. The molecule has 1 saturated carbocycles. The Labute approximate surface area is 223 Å². The first-order valence-electron chi connectivity index (χ1n) is 13.2. The van der Waals surface area contributed by atoms with E-state index in [4.69, 9.17) is 21.7 Å². The van der Waals surface area contributed by atoms with Crippen molar-refractivity contribution in [1.82, 2.24) is 24.8 Å². The van der Waals surface area contributed by atoms with Gasteiger partial charge in [0.25, 0.3) is 0 Å². The average molecular weight is 529 g/mol. The first-order valence-corrected chi connectivity index (χ1v) is 13.6. The Morgan fingerprint density at radius 2 is 2.05 bits per heavy atom.